The maximum atomic E-state index is 12.5. The zero-order valence-electron chi connectivity index (χ0n) is 11.8. The van der Waals surface area contributed by atoms with Crippen molar-refractivity contribution in [2.75, 3.05) is 11.9 Å². The SMILES string of the molecule is CC(C)CC(CN)C(=O)Nc1ccc(C(F)(F)F)cc1Cl. The Morgan fingerprint density at radius 3 is 2.43 bits per heavy atom. The Bertz CT molecular complexity index is 503. The Morgan fingerprint density at radius 2 is 2.00 bits per heavy atom. The fourth-order valence-corrected chi connectivity index (χ4v) is 2.13. The summed E-state index contributed by atoms with van der Waals surface area (Å²) in [5.41, 5.74) is 4.84. The number of halogens is 4. The number of hydrogen-bond acceptors (Lipinski definition) is 2. The first-order valence-corrected chi connectivity index (χ1v) is 6.90. The summed E-state index contributed by atoms with van der Waals surface area (Å²) in [7, 11) is 0. The van der Waals surface area contributed by atoms with Crippen molar-refractivity contribution in [3.05, 3.63) is 28.8 Å². The minimum absolute atomic E-state index is 0.150. The van der Waals surface area contributed by atoms with Crippen LogP contribution in [0.2, 0.25) is 5.02 Å². The quantitative estimate of drug-likeness (QED) is 0.863. The standard InChI is InChI=1S/C14H18ClF3N2O/c1-8(2)5-9(7-19)13(21)20-12-4-3-10(6-11(12)15)14(16,17)18/h3-4,6,8-9H,5,7,19H2,1-2H3,(H,20,21). The van der Waals surface area contributed by atoms with E-state index in [1.807, 2.05) is 13.8 Å². The van der Waals surface area contributed by atoms with Crippen LogP contribution in [0.5, 0.6) is 0 Å². The molecule has 0 aromatic heterocycles. The molecule has 1 unspecified atom stereocenters. The van der Waals surface area contributed by atoms with E-state index in [4.69, 9.17) is 17.3 Å². The number of rotatable bonds is 5. The minimum Gasteiger partial charge on any atom is -0.330 e. The number of anilines is 1. The van der Waals surface area contributed by atoms with Gasteiger partial charge < -0.3 is 11.1 Å². The van der Waals surface area contributed by atoms with Gasteiger partial charge >= 0.3 is 6.18 Å². The van der Waals surface area contributed by atoms with Gasteiger partial charge in [0.05, 0.1) is 22.2 Å². The number of amides is 1. The fourth-order valence-electron chi connectivity index (χ4n) is 1.91. The second kappa shape index (κ2) is 7.13. The van der Waals surface area contributed by atoms with Crippen molar-refractivity contribution in [2.45, 2.75) is 26.4 Å². The monoisotopic (exact) mass is 322 g/mol. The molecular weight excluding hydrogens is 305 g/mol. The van der Waals surface area contributed by atoms with Crippen molar-refractivity contribution in [1.82, 2.24) is 0 Å². The van der Waals surface area contributed by atoms with E-state index in [1.165, 1.54) is 0 Å². The summed E-state index contributed by atoms with van der Waals surface area (Å²) in [6, 6.07) is 2.81. The first kappa shape index (κ1) is 17.8. The molecule has 0 spiro atoms. The van der Waals surface area contributed by atoms with Crippen LogP contribution in [-0.4, -0.2) is 12.5 Å². The van der Waals surface area contributed by atoms with Crippen LogP contribution in [-0.2, 0) is 11.0 Å². The molecule has 0 aliphatic heterocycles. The maximum absolute atomic E-state index is 12.5. The first-order valence-electron chi connectivity index (χ1n) is 6.52. The fraction of sp³-hybridized carbons (Fsp3) is 0.500. The molecule has 7 heteroatoms. The van der Waals surface area contributed by atoms with Crippen molar-refractivity contribution in [3.63, 3.8) is 0 Å². The van der Waals surface area contributed by atoms with Crippen LogP contribution in [0.15, 0.2) is 18.2 Å². The van der Waals surface area contributed by atoms with Crippen LogP contribution >= 0.6 is 11.6 Å². The molecule has 1 amide bonds. The Kier molecular flexibility index (Phi) is 6.04. The highest BCUT2D eigenvalue weighted by molar-refractivity contribution is 6.33. The van der Waals surface area contributed by atoms with Crippen LogP contribution in [0.1, 0.15) is 25.8 Å². The van der Waals surface area contributed by atoms with E-state index in [-0.39, 0.29) is 29.1 Å². The molecule has 1 aromatic carbocycles. The van der Waals surface area contributed by atoms with Crippen LogP contribution in [0.4, 0.5) is 18.9 Å². The summed E-state index contributed by atoms with van der Waals surface area (Å²) in [5, 5.41) is 2.37. The van der Waals surface area contributed by atoms with Gasteiger partial charge in [0.25, 0.3) is 0 Å². The molecule has 1 rings (SSSR count). The molecule has 0 aliphatic rings. The van der Waals surface area contributed by atoms with Gasteiger partial charge in [-0.3, -0.25) is 4.79 Å². The van der Waals surface area contributed by atoms with Crippen molar-refractivity contribution < 1.29 is 18.0 Å². The Hall–Kier alpha value is -1.27. The lowest BCUT2D eigenvalue weighted by atomic mass is 9.96. The van der Waals surface area contributed by atoms with Crippen LogP contribution in [0.3, 0.4) is 0 Å². The van der Waals surface area contributed by atoms with Gasteiger partial charge in [-0.25, -0.2) is 0 Å². The summed E-state index contributed by atoms with van der Waals surface area (Å²) in [5.74, 6) is -0.455. The largest absolute Gasteiger partial charge is 0.416 e. The minimum atomic E-state index is -4.47. The Morgan fingerprint density at radius 1 is 1.38 bits per heavy atom. The highest BCUT2D eigenvalue weighted by atomic mass is 35.5. The average molecular weight is 323 g/mol. The number of carbonyl (C=O) groups is 1. The highest BCUT2D eigenvalue weighted by Gasteiger charge is 2.31. The molecular formula is C14H18ClF3N2O. The van der Waals surface area contributed by atoms with Gasteiger partial charge in [0, 0.05) is 6.54 Å². The number of alkyl halides is 3. The molecule has 0 radical (unpaired) electrons. The predicted molar refractivity (Wildman–Crippen MR) is 77.1 cm³/mol. The molecule has 21 heavy (non-hydrogen) atoms. The summed E-state index contributed by atoms with van der Waals surface area (Å²) < 4.78 is 37.6. The van der Waals surface area contributed by atoms with E-state index in [0.29, 0.717) is 6.42 Å². The van der Waals surface area contributed by atoms with Crippen molar-refractivity contribution in [2.24, 2.45) is 17.6 Å². The van der Waals surface area contributed by atoms with E-state index in [0.717, 1.165) is 18.2 Å². The number of nitrogens with one attached hydrogen (secondary N) is 1. The third-order valence-corrected chi connectivity index (χ3v) is 3.28. The van der Waals surface area contributed by atoms with Gasteiger partial charge in [0.15, 0.2) is 0 Å². The molecule has 0 aliphatic carbocycles. The zero-order valence-corrected chi connectivity index (χ0v) is 12.6. The number of hydrogen-bond donors (Lipinski definition) is 2. The van der Waals surface area contributed by atoms with E-state index in [9.17, 15) is 18.0 Å². The summed E-state index contributed by atoms with van der Waals surface area (Å²) in [4.78, 5) is 12.0. The molecule has 0 saturated heterocycles. The molecule has 1 atom stereocenters. The number of benzene rings is 1. The molecule has 0 heterocycles. The predicted octanol–water partition coefficient (Wildman–Crippen LogP) is 3.92. The third kappa shape index (κ3) is 5.21. The summed E-state index contributed by atoms with van der Waals surface area (Å²) >= 11 is 5.79. The van der Waals surface area contributed by atoms with Gasteiger partial charge in [-0.05, 0) is 30.5 Å². The second-order valence-corrected chi connectivity index (χ2v) is 5.65. The molecule has 1 aromatic rings. The van der Waals surface area contributed by atoms with Crippen LogP contribution in [0.25, 0.3) is 0 Å². The lowest BCUT2D eigenvalue weighted by Crippen LogP contribution is -2.30. The van der Waals surface area contributed by atoms with Crippen molar-refractivity contribution >= 4 is 23.2 Å². The van der Waals surface area contributed by atoms with E-state index < -0.39 is 17.7 Å². The van der Waals surface area contributed by atoms with E-state index >= 15 is 0 Å². The normalized spacial score (nSPS) is 13.3. The second-order valence-electron chi connectivity index (χ2n) is 5.24. The lowest BCUT2D eigenvalue weighted by Gasteiger charge is -2.17. The molecule has 0 bridgehead atoms. The van der Waals surface area contributed by atoms with E-state index in [2.05, 4.69) is 5.32 Å². The van der Waals surface area contributed by atoms with E-state index in [1.54, 1.807) is 0 Å². The Labute approximate surface area is 126 Å². The van der Waals surface area contributed by atoms with Gasteiger partial charge in [-0.15, -0.1) is 0 Å². The van der Waals surface area contributed by atoms with Gasteiger partial charge in [-0.1, -0.05) is 25.4 Å². The van der Waals surface area contributed by atoms with Gasteiger partial charge in [-0.2, -0.15) is 13.2 Å². The van der Waals surface area contributed by atoms with Gasteiger partial charge in [0.1, 0.15) is 0 Å². The van der Waals surface area contributed by atoms with Crippen LogP contribution in [0, 0.1) is 11.8 Å². The molecule has 3 N–H and O–H groups in total. The van der Waals surface area contributed by atoms with Crippen molar-refractivity contribution in [1.29, 1.82) is 0 Å². The summed E-state index contributed by atoms with van der Waals surface area (Å²) in [6.07, 6.45) is -3.87. The number of nitrogens with two attached hydrogens (primary N) is 1. The smallest absolute Gasteiger partial charge is 0.330 e. The number of carbonyl (C=O) groups excluding carboxylic acids is 1. The third-order valence-electron chi connectivity index (χ3n) is 2.97. The summed E-state index contributed by atoms with van der Waals surface area (Å²) in [6.45, 7) is 4.09. The molecule has 0 fully saturated rings. The molecule has 3 nitrogen and oxygen atoms in total. The Balaban J connectivity index is 2.86. The topological polar surface area (TPSA) is 55.1 Å². The maximum Gasteiger partial charge on any atom is 0.416 e. The molecule has 0 saturated carbocycles. The highest BCUT2D eigenvalue weighted by Crippen LogP contribution is 2.33. The first-order chi connectivity index (χ1) is 9.65. The zero-order chi connectivity index (χ0) is 16.2. The van der Waals surface area contributed by atoms with Crippen LogP contribution < -0.4 is 11.1 Å². The van der Waals surface area contributed by atoms with Crippen molar-refractivity contribution in [3.8, 4) is 0 Å². The van der Waals surface area contributed by atoms with Gasteiger partial charge in [0.2, 0.25) is 5.91 Å². The lowest BCUT2D eigenvalue weighted by molar-refractivity contribution is -0.137. The molecule has 118 valence electrons. The average Bonchev–Trinajstić information content (AvgIpc) is 2.36.